The highest BCUT2D eigenvalue weighted by Gasteiger charge is 2.41. The minimum absolute atomic E-state index is 0.147. The third-order valence-corrected chi connectivity index (χ3v) is 6.12. The number of nitrogens with one attached hydrogen (secondary N) is 1. The van der Waals surface area contributed by atoms with Gasteiger partial charge in [-0.25, -0.2) is 0 Å². The number of hydrogen-bond acceptors (Lipinski definition) is 3. The van der Waals surface area contributed by atoms with E-state index in [4.69, 9.17) is 0 Å². The molecule has 1 aliphatic heterocycles. The fourth-order valence-electron chi connectivity index (χ4n) is 4.62. The predicted molar refractivity (Wildman–Crippen MR) is 121 cm³/mol. The molecule has 0 bridgehead atoms. The lowest BCUT2D eigenvalue weighted by Gasteiger charge is -2.41. The van der Waals surface area contributed by atoms with Gasteiger partial charge in [0, 0.05) is 32.5 Å². The third kappa shape index (κ3) is 4.60. The van der Waals surface area contributed by atoms with Gasteiger partial charge >= 0.3 is 0 Å². The molecule has 0 aliphatic carbocycles. The second-order valence-corrected chi connectivity index (χ2v) is 8.27. The van der Waals surface area contributed by atoms with Crippen LogP contribution < -0.4 is 5.32 Å². The summed E-state index contributed by atoms with van der Waals surface area (Å²) in [5.74, 6) is 0.147. The minimum atomic E-state index is -0.395. The molecular weight excluding hydrogens is 370 g/mol. The average Bonchev–Trinajstić information content (AvgIpc) is 2.80. The van der Waals surface area contributed by atoms with E-state index in [-0.39, 0.29) is 5.91 Å². The van der Waals surface area contributed by atoms with E-state index in [0.717, 1.165) is 38.9 Å². The van der Waals surface area contributed by atoms with E-state index < -0.39 is 5.41 Å². The largest absolute Gasteiger partial charge is 0.359 e. The van der Waals surface area contributed by atoms with Crippen molar-refractivity contribution < 1.29 is 4.79 Å². The summed E-state index contributed by atoms with van der Waals surface area (Å²) in [5.41, 5.74) is 4.48. The molecule has 2 aromatic carbocycles. The van der Waals surface area contributed by atoms with Crippen LogP contribution in [0.4, 0.5) is 0 Å². The van der Waals surface area contributed by atoms with Gasteiger partial charge in [-0.1, -0.05) is 54.6 Å². The smallest absolute Gasteiger partial charge is 0.227 e. The average molecular weight is 400 g/mol. The van der Waals surface area contributed by atoms with E-state index in [1.165, 1.54) is 22.3 Å². The number of rotatable bonds is 6. The van der Waals surface area contributed by atoms with Crippen LogP contribution in [0.25, 0.3) is 11.1 Å². The number of piperidine rings is 1. The molecule has 0 saturated carbocycles. The predicted octanol–water partition coefficient (Wildman–Crippen LogP) is 4.32. The highest BCUT2D eigenvalue weighted by Crippen LogP contribution is 2.35. The van der Waals surface area contributed by atoms with Crippen LogP contribution >= 0.6 is 0 Å². The molecule has 1 atom stereocenters. The Morgan fingerprint density at radius 3 is 2.37 bits per heavy atom. The molecule has 4 nitrogen and oxygen atoms in total. The number of pyridine rings is 1. The molecule has 1 N–H and O–H groups in total. The Hall–Kier alpha value is -2.98. The number of carbonyl (C=O) groups excluding carboxylic acids is 1. The first-order valence-corrected chi connectivity index (χ1v) is 10.7. The Balaban J connectivity index is 1.52. The van der Waals surface area contributed by atoms with E-state index >= 15 is 0 Å². The fraction of sp³-hybridized carbons (Fsp3) is 0.308. The Morgan fingerprint density at radius 1 is 0.967 bits per heavy atom. The molecular formula is C26H29N3O. The van der Waals surface area contributed by atoms with Crippen molar-refractivity contribution in [1.29, 1.82) is 0 Å². The number of likely N-dealkylation sites (tertiary alicyclic amines) is 1. The SMILES string of the molecule is CNC(=O)[C@@]1(Cc2ccc(-c3ccccc3)cc2)CCCN(Cc2ccncc2)C1. The fourth-order valence-corrected chi connectivity index (χ4v) is 4.62. The molecule has 4 heteroatoms. The van der Waals surface area contributed by atoms with Gasteiger partial charge in [-0.2, -0.15) is 0 Å². The number of carbonyl (C=O) groups is 1. The lowest BCUT2D eigenvalue weighted by Crippen LogP contribution is -2.52. The number of aromatic nitrogens is 1. The molecule has 1 aliphatic rings. The van der Waals surface area contributed by atoms with E-state index in [1.54, 1.807) is 7.05 Å². The van der Waals surface area contributed by atoms with E-state index in [1.807, 2.05) is 18.5 Å². The van der Waals surface area contributed by atoms with Gasteiger partial charge in [-0.15, -0.1) is 0 Å². The van der Waals surface area contributed by atoms with E-state index in [0.29, 0.717) is 0 Å². The molecule has 0 spiro atoms. The van der Waals surface area contributed by atoms with Crippen molar-refractivity contribution in [2.45, 2.75) is 25.8 Å². The van der Waals surface area contributed by atoms with Gasteiger partial charge in [-0.05, 0) is 60.2 Å². The summed E-state index contributed by atoms with van der Waals surface area (Å²) in [6, 6.07) is 23.2. The summed E-state index contributed by atoms with van der Waals surface area (Å²) < 4.78 is 0. The highest BCUT2D eigenvalue weighted by molar-refractivity contribution is 5.83. The standard InChI is InChI=1S/C26H29N3O/c1-27-25(30)26(14-5-17-29(20-26)19-22-12-15-28-16-13-22)18-21-8-10-24(11-9-21)23-6-3-2-4-7-23/h2-4,6-13,15-16H,5,14,17-20H2,1H3,(H,27,30)/t26-/m1/s1. The Kier molecular flexibility index (Phi) is 6.24. The van der Waals surface area contributed by atoms with Gasteiger partial charge in [0.05, 0.1) is 5.41 Å². The highest BCUT2D eigenvalue weighted by atomic mass is 16.2. The molecule has 30 heavy (non-hydrogen) atoms. The molecule has 4 rings (SSSR count). The third-order valence-electron chi connectivity index (χ3n) is 6.12. The maximum absolute atomic E-state index is 13.0. The zero-order valence-electron chi connectivity index (χ0n) is 17.6. The number of hydrogen-bond donors (Lipinski definition) is 1. The lowest BCUT2D eigenvalue weighted by atomic mass is 9.74. The van der Waals surface area contributed by atoms with Crippen LogP contribution in [0.5, 0.6) is 0 Å². The van der Waals surface area contributed by atoms with Gasteiger partial charge in [0.2, 0.25) is 5.91 Å². The van der Waals surface area contributed by atoms with Crippen LogP contribution in [0.2, 0.25) is 0 Å². The summed E-state index contributed by atoms with van der Waals surface area (Å²) in [4.78, 5) is 19.6. The van der Waals surface area contributed by atoms with Crippen LogP contribution in [-0.2, 0) is 17.8 Å². The summed E-state index contributed by atoms with van der Waals surface area (Å²) in [7, 11) is 1.75. The number of amides is 1. The van der Waals surface area contributed by atoms with Crippen molar-refractivity contribution in [2.24, 2.45) is 5.41 Å². The maximum atomic E-state index is 13.0. The van der Waals surface area contributed by atoms with E-state index in [9.17, 15) is 4.79 Å². The summed E-state index contributed by atoms with van der Waals surface area (Å²) in [6.45, 7) is 2.65. The topological polar surface area (TPSA) is 45.2 Å². The van der Waals surface area contributed by atoms with Gasteiger partial charge in [0.1, 0.15) is 0 Å². The Morgan fingerprint density at radius 2 is 1.67 bits per heavy atom. The number of benzene rings is 2. The van der Waals surface area contributed by atoms with Gasteiger partial charge in [0.15, 0.2) is 0 Å². The monoisotopic (exact) mass is 399 g/mol. The van der Waals surface area contributed by atoms with Crippen molar-refractivity contribution in [3.05, 3.63) is 90.3 Å². The zero-order chi connectivity index (χ0) is 20.8. The van der Waals surface area contributed by atoms with Crippen LogP contribution in [0.15, 0.2) is 79.1 Å². The van der Waals surface area contributed by atoms with Crippen LogP contribution in [0.1, 0.15) is 24.0 Å². The first-order chi connectivity index (χ1) is 14.7. The molecule has 1 aromatic heterocycles. The van der Waals surface area contributed by atoms with Crippen molar-refractivity contribution in [1.82, 2.24) is 15.2 Å². The number of nitrogens with zero attached hydrogens (tertiary/aromatic N) is 2. The van der Waals surface area contributed by atoms with E-state index in [2.05, 4.69) is 75.9 Å². The first kappa shape index (κ1) is 20.3. The van der Waals surface area contributed by atoms with Crippen LogP contribution in [0, 0.1) is 5.41 Å². The molecule has 1 saturated heterocycles. The normalized spacial score (nSPS) is 19.4. The van der Waals surface area contributed by atoms with Gasteiger partial charge < -0.3 is 5.32 Å². The summed E-state index contributed by atoms with van der Waals surface area (Å²) >= 11 is 0. The quantitative estimate of drug-likeness (QED) is 0.671. The van der Waals surface area contributed by atoms with Crippen molar-refractivity contribution in [3.8, 4) is 11.1 Å². The molecule has 0 unspecified atom stereocenters. The van der Waals surface area contributed by atoms with Crippen molar-refractivity contribution in [3.63, 3.8) is 0 Å². The van der Waals surface area contributed by atoms with Gasteiger partial charge in [-0.3, -0.25) is 14.7 Å². The van der Waals surface area contributed by atoms with Crippen molar-refractivity contribution >= 4 is 5.91 Å². The molecule has 0 radical (unpaired) electrons. The first-order valence-electron chi connectivity index (χ1n) is 10.7. The maximum Gasteiger partial charge on any atom is 0.227 e. The second-order valence-electron chi connectivity index (χ2n) is 8.27. The molecule has 154 valence electrons. The summed E-state index contributed by atoms with van der Waals surface area (Å²) in [5, 5.41) is 2.94. The Labute approximate surface area is 179 Å². The molecule has 3 aromatic rings. The van der Waals surface area contributed by atoms with Crippen molar-refractivity contribution in [2.75, 3.05) is 20.1 Å². The lowest BCUT2D eigenvalue weighted by molar-refractivity contribution is -0.134. The van der Waals surface area contributed by atoms with Crippen LogP contribution in [-0.4, -0.2) is 35.9 Å². The zero-order valence-corrected chi connectivity index (χ0v) is 17.6. The summed E-state index contributed by atoms with van der Waals surface area (Å²) in [6.07, 6.45) is 6.37. The molecule has 1 amide bonds. The van der Waals surface area contributed by atoms with Crippen LogP contribution in [0.3, 0.4) is 0 Å². The van der Waals surface area contributed by atoms with Gasteiger partial charge in [0.25, 0.3) is 0 Å². The molecule has 1 fully saturated rings. The minimum Gasteiger partial charge on any atom is -0.359 e. The second kappa shape index (κ2) is 9.23. The Bertz CT molecular complexity index is 957. The molecule has 2 heterocycles.